The Labute approximate surface area is 199 Å². The molecule has 0 aliphatic carbocycles. The largest absolute Gasteiger partial charge is 0.492 e. The average Bonchev–Trinajstić information content (AvgIpc) is 3.37. The van der Waals surface area contributed by atoms with E-state index < -0.39 is 10.0 Å². The third-order valence-corrected chi connectivity index (χ3v) is 8.30. The fraction of sp³-hybridized carbons (Fsp3) is 0.240. The van der Waals surface area contributed by atoms with E-state index in [1.807, 2.05) is 54.6 Å². The van der Waals surface area contributed by atoms with Crippen molar-refractivity contribution in [2.75, 3.05) is 25.0 Å². The van der Waals surface area contributed by atoms with Gasteiger partial charge in [0, 0.05) is 28.4 Å². The van der Waals surface area contributed by atoms with E-state index in [1.54, 1.807) is 30.8 Å². The fourth-order valence-corrected chi connectivity index (χ4v) is 6.26. The van der Waals surface area contributed by atoms with Gasteiger partial charge in [0.1, 0.15) is 10.6 Å². The molecule has 0 spiro atoms. The van der Waals surface area contributed by atoms with Crippen LogP contribution in [0.2, 0.25) is 0 Å². The summed E-state index contributed by atoms with van der Waals surface area (Å²) in [5.74, 6) is -0.113. The molecule has 3 aromatic carbocycles. The van der Waals surface area contributed by atoms with E-state index in [0.29, 0.717) is 25.4 Å². The summed E-state index contributed by atoms with van der Waals surface area (Å²) in [6.07, 6.45) is 1.67. The summed E-state index contributed by atoms with van der Waals surface area (Å²) in [4.78, 5) is 15.1. The van der Waals surface area contributed by atoms with Crippen LogP contribution in [0.3, 0.4) is 0 Å². The minimum absolute atomic E-state index is 0.0332. The van der Waals surface area contributed by atoms with Crippen LogP contribution >= 0.6 is 11.8 Å². The fourth-order valence-electron chi connectivity index (χ4n) is 3.66. The molecule has 0 bridgehead atoms. The molecule has 1 amide bonds. The quantitative estimate of drug-likeness (QED) is 0.473. The Morgan fingerprint density at radius 3 is 2.42 bits per heavy atom. The van der Waals surface area contributed by atoms with Crippen LogP contribution in [-0.4, -0.2) is 38.3 Å². The smallest absolute Gasteiger partial charge is 0.255 e. The molecule has 8 heteroatoms. The number of carbonyl (C=O) groups excluding carboxylic acids is 1. The van der Waals surface area contributed by atoms with Crippen molar-refractivity contribution in [3.63, 3.8) is 0 Å². The summed E-state index contributed by atoms with van der Waals surface area (Å²) in [5, 5.41) is 2.94. The molecule has 33 heavy (non-hydrogen) atoms. The van der Waals surface area contributed by atoms with Gasteiger partial charge in [0.05, 0.1) is 12.3 Å². The number of amides is 1. The Morgan fingerprint density at radius 1 is 1.00 bits per heavy atom. The van der Waals surface area contributed by atoms with Gasteiger partial charge in [-0.3, -0.25) is 4.79 Å². The number of benzene rings is 3. The highest BCUT2D eigenvalue weighted by atomic mass is 32.2. The van der Waals surface area contributed by atoms with Gasteiger partial charge in [-0.05, 0) is 62.2 Å². The number of nitrogens with zero attached hydrogens (tertiary/aromatic N) is 1. The summed E-state index contributed by atoms with van der Waals surface area (Å²) in [7, 11) is -3.75. The molecule has 0 saturated carbocycles. The number of ether oxygens (including phenoxy) is 1. The predicted octanol–water partition coefficient (Wildman–Crippen LogP) is 5.27. The lowest BCUT2D eigenvalue weighted by molar-refractivity contribution is 0.102. The van der Waals surface area contributed by atoms with Gasteiger partial charge in [-0.2, -0.15) is 4.31 Å². The van der Waals surface area contributed by atoms with E-state index >= 15 is 0 Å². The first-order valence-electron chi connectivity index (χ1n) is 10.9. The van der Waals surface area contributed by atoms with Crippen LogP contribution < -0.4 is 10.1 Å². The molecule has 0 unspecified atom stereocenters. The number of rotatable bonds is 8. The van der Waals surface area contributed by atoms with Crippen LogP contribution in [0.5, 0.6) is 5.75 Å². The first-order chi connectivity index (χ1) is 16.0. The van der Waals surface area contributed by atoms with E-state index in [0.717, 1.165) is 22.6 Å². The molecule has 4 rings (SSSR count). The van der Waals surface area contributed by atoms with Crippen molar-refractivity contribution in [2.45, 2.75) is 34.5 Å². The normalized spacial score (nSPS) is 14.2. The molecule has 1 N–H and O–H groups in total. The van der Waals surface area contributed by atoms with Crippen molar-refractivity contribution in [1.29, 1.82) is 0 Å². The third kappa shape index (κ3) is 5.40. The van der Waals surface area contributed by atoms with Gasteiger partial charge in [0.25, 0.3) is 5.91 Å². The number of sulfonamides is 1. The third-order valence-electron chi connectivity index (χ3n) is 5.29. The molecule has 0 radical (unpaired) electrons. The topological polar surface area (TPSA) is 75.7 Å². The summed E-state index contributed by atoms with van der Waals surface area (Å²) < 4.78 is 33.5. The lowest BCUT2D eigenvalue weighted by Gasteiger charge is -2.19. The van der Waals surface area contributed by atoms with E-state index in [4.69, 9.17) is 4.74 Å². The van der Waals surface area contributed by atoms with Crippen molar-refractivity contribution in [3.05, 3.63) is 78.4 Å². The maximum absolute atomic E-state index is 13.2. The second-order valence-electron chi connectivity index (χ2n) is 7.57. The maximum atomic E-state index is 13.2. The molecule has 0 atom stereocenters. The van der Waals surface area contributed by atoms with Crippen LogP contribution in [0.15, 0.2) is 87.5 Å². The molecule has 1 saturated heterocycles. The van der Waals surface area contributed by atoms with Gasteiger partial charge in [-0.1, -0.05) is 42.1 Å². The van der Waals surface area contributed by atoms with Gasteiger partial charge >= 0.3 is 0 Å². The Morgan fingerprint density at radius 2 is 1.70 bits per heavy atom. The molecule has 1 aliphatic rings. The molecule has 172 valence electrons. The highest BCUT2D eigenvalue weighted by Crippen LogP contribution is 2.34. The lowest BCUT2D eigenvalue weighted by atomic mass is 10.2. The van der Waals surface area contributed by atoms with Gasteiger partial charge in [0.2, 0.25) is 10.0 Å². The molecule has 0 aromatic heterocycles. The molecular formula is C25H26N2O4S2. The second kappa shape index (κ2) is 10.4. The zero-order valence-corrected chi connectivity index (χ0v) is 20.0. The monoisotopic (exact) mass is 482 g/mol. The molecule has 1 fully saturated rings. The first kappa shape index (κ1) is 23.4. The summed E-state index contributed by atoms with van der Waals surface area (Å²) in [6.45, 7) is 3.09. The van der Waals surface area contributed by atoms with Gasteiger partial charge in [-0.15, -0.1) is 0 Å². The van der Waals surface area contributed by atoms with Crippen molar-refractivity contribution < 1.29 is 17.9 Å². The number of anilines is 1. The molecule has 1 heterocycles. The lowest BCUT2D eigenvalue weighted by Crippen LogP contribution is -2.28. The van der Waals surface area contributed by atoms with Crippen molar-refractivity contribution in [1.82, 2.24) is 4.31 Å². The first-order valence-corrected chi connectivity index (χ1v) is 13.1. The Bertz CT molecular complexity index is 1220. The summed E-state index contributed by atoms with van der Waals surface area (Å²) in [5.41, 5.74) is 0.921. The van der Waals surface area contributed by atoms with Crippen LogP contribution in [0.25, 0.3) is 0 Å². The maximum Gasteiger partial charge on any atom is 0.255 e. The van der Waals surface area contributed by atoms with Gasteiger partial charge in [0.15, 0.2) is 0 Å². The highest BCUT2D eigenvalue weighted by molar-refractivity contribution is 7.99. The number of carbonyl (C=O) groups is 1. The van der Waals surface area contributed by atoms with Crippen LogP contribution in [-0.2, 0) is 10.0 Å². The number of para-hydroxylation sites is 1. The average molecular weight is 483 g/mol. The molecule has 3 aromatic rings. The van der Waals surface area contributed by atoms with Gasteiger partial charge in [-0.25, -0.2) is 8.42 Å². The standard InChI is InChI=1S/C25H26N2O4S2/c1-2-31-22-15-14-19(18-24(22)33(29,30)27-16-8-9-17-27)25(28)26-21-12-6-7-13-23(21)32-20-10-4-3-5-11-20/h3-7,10-15,18H,2,8-9,16-17H2,1H3,(H,26,28). The van der Waals surface area contributed by atoms with Crippen molar-refractivity contribution >= 4 is 33.4 Å². The van der Waals surface area contributed by atoms with Crippen LogP contribution in [0.1, 0.15) is 30.1 Å². The van der Waals surface area contributed by atoms with Crippen LogP contribution in [0, 0.1) is 0 Å². The second-order valence-corrected chi connectivity index (χ2v) is 10.6. The minimum atomic E-state index is -3.75. The Hall–Kier alpha value is -2.81. The van der Waals surface area contributed by atoms with Crippen LogP contribution in [0.4, 0.5) is 5.69 Å². The zero-order valence-electron chi connectivity index (χ0n) is 18.4. The number of hydrogen-bond acceptors (Lipinski definition) is 5. The van der Waals surface area contributed by atoms with E-state index in [9.17, 15) is 13.2 Å². The molecular weight excluding hydrogens is 456 g/mol. The minimum Gasteiger partial charge on any atom is -0.492 e. The molecule has 6 nitrogen and oxygen atoms in total. The predicted molar refractivity (Wildman–Crippen MR) is 131 cm³/mol. The zero-order chi connectivity index (χ0) is 23.3. The van der Waals surface area contributed by atoms with E-state index in [1.165, 1.54) is 10.4 Å². The summed E-state index contributed by atoms with van der Waals surface area (Å²) >= 11 is 1.55. The van der Waals surface area contributed by atoms with Gasteiger partial charge < -0.3 is 10.1 Å². The Kier molecular flexibility index (Phi) is 7.37. The van der Waals surface area contributed by atoms with Crippen molar-refractivity contribution in [3.8, 4) is 5.75 Å². The molecule has 1 aliphatic heterocycles. The number of hydrogen-bond donors (Lipinski definition) is 1. The Balaban J connectivity index is 1.62. The van der Waals surface area contributed by atoms with Crippen molar-refractivity contribution in [2.24, 2.45) is 0 Å². The van der Waals surface area contributed by atoms with E-state index in [-0.39, 0.29) is 22.1 Å². The highest BCUT2D eigenvalue weighted by Gasteiger charge is 2.31. The number of nitrogens with one attached hydrogen (secondary N) is 1. The SMILES string of the molecule is CCOc1ccc(C(=O)Nc2ccccc2Sc2ccccc2)cc1S(=O)(=O)N1CCCC1. The summed E-state index contributed by atoms with van der Waals surface area (Å²) in [6, 6.07) is 22.0. The van der Waals surface area contributed by atoms with E-state index in [2.05, 4.69) is 5.32 Å².